The van der Waals surface area contributed by atoms with Gasteiger partial charge < -0.3 is 4.80 Å². The third kappa shape index (κ3) is 3.13. The Morgan fingerprint density at radius 3 is 1.94 bits per heavy atom. The van der Waals surface area contributed by atoms with E-state index in [0.717, 1.165) is 6.04 Å². The van der Waals surface area contributed by atoms with E-state index in [9.17, 15) is 4.80 Å². The summed E-state index contributed by atoms with van der Waals surface area (Å²) in [7, 11) is 0.936. The minimum absolute atomic E-state index is 1.01. The van der Waals surface area contributed by atoms with E-state index in [0.29, 0.717) is 0 Å². The van der Waals surface area contributed by atoms with E-state index in [2.05, 4.69) is 50.2 Å². The largest absolute Gasteiger partial charge is 0.432 e. The molecule has 0 spiro atoms. The van der Waals surface area contributed by atoms with Gasteiger partial charge in [-0.05, 0) is 25.2 Å². The molecule has 3 nitrogen and oxygen atoms in total. The minimum Gasteiger partial charge on any atom is -0.432 e. The summed E-state index contributed by atoms with van der Waals surface area (Å²) in [4.78, 5) is 10.1. The van der Waals surface area contributed by atoms with E-state index in [4.69, 9.17) is 0 Å². The normalized spacial score (nSPS) is 13.2. The Bertz CT molecular complexity index is 419. The monoisotopic (exact) mass is 285 g/mol. The van der Waals surface area contributed by atoms with Crippen molar-refractivity contribution in [1.82, 2.24) is 4.57 Å². The Morgan fingerprint density at radius 1 is 1.11 bits per heavy atom. The lowest BCUT2D eigenvalue weighted by molar-refractivity contribution is -0.659. The standard InChI is InChI=1S/C13H29N2OSi2/c1-11-12(2)15(4)13(14(11)3)17(5,6)9-10-18(7,8)16/h16H,9-10H2,1-8H3/q+1. The van der Waals surface area contributed by atoms with Crippen LogP contribution in [0.15, 0.2) is 0 Å². The summed E-state index contributed by atoms with van der Waals surface area (Å²) in [6, 6.07) is 2.18. The fraction of sp³-hybridized carbons (Fsp3) is 0.769. The quantitative estimate of drug-likeness (QED) is 0.660. The fourth-order valence-corrected chi connectivity index (χ4v) is 9.99. The van der Waals surface area contributed by atoms with Gasteiger partial charge in [0.15, 0.2) is 16.4 Å². The van der Waals surface area contributed by atoms with Crippen molar-refractivity contribution in [2.45, 2.75) is 52.1 Å². The zero-order chi connectivity index (χ0) is 14.3. The summed E-state index contributed by atoms with van der Waals surface area (Å²) in [6.07, 6.45) is 0. The highest BCUT2D eigenvalue weighted by molar-refractivity contribution is 6.89. The second-order valence-corrected chi connectivity index (χ2v) is 15.6. The highest BCUT2D eigenvalue weighted by Crippen LogP contribution is 2.18. The zero-order valence-electron chi connectivity index (χ0n) is 13.3. The summed E-state index contributed by atoms with van der Waals surface area (Å²) in [5.74, 6) is 0. The molecule has 0 fully saturated rings. The van der Waals surface area contributed by atoms with Gasteiger partial charge in [0, 0.05) is 13.8 Å². The molecule has 0 saturated carbocycles. The van der Waals surface area contributed by atoms with E-state index in [1.54, 1.807) is 0 Å². The average Bonchev–Trinajstić information content (AvgIpc) is 2.40. The first-order chi connectivity index (χ1) is 7.97. The van der Waals surface area contributed by atoms with Crippen molar-refractivity contribution in [2.24, 2.45) is 14.1 Å². The van der Waals surface area contributed by atoms with E-state index < -0.39 is 16.4 Å². The van der Waals surface area contributed by atoms with Crippen molar-refractivity contribution < 1.29 is 9.36 Å². The van der Waals surface area contributed by atoms with Crippen LogP contribution >= 0.6 is 0 Å². The molecule has 18 heavy (non-hydrogen) atoms. The summed E-state index contributed by atoms with van der Waals surface area (Å²) < 4.78 is 4.71. The number of hydrogen-bond donors (Lipinski definition) is 1. The fourth-order valence-electron chi connectivity index (χ4n) is 2.67. The lowest BCUT2D eigenvalue weighted by atomic mass is 10.4. The molecule has 0 amide bonds. The van der Waals surface area contributed by atoms with Gasteiger partial charge in [0.1, 0.15) is 11.4 Å². The number of rotatable bonds is 4. The Hall–Kier alpha value is -0.396. The third-order valence-electron chi connectivity index (χ3n) is 4.13. The Balaban J connectivity index is 3.09. The number of hydrogen-bond acceptors (Lipinski definition) is 1. The van der Waals surface area contributed by atoms with Crippen LogP contribution in [0.2, 0.25) is 38.3 Å². The van der Waals surface area contributed by atoms with E-state index in [-0.39, 0.29) is 0 Å². The molecule has 0 bridgehead atoms. The molecule has 104 valence electrons. The van der Waals surface area contributed by atoms with Gasteiger partial charge in [-0.1, -0.05) is 13.1 Å². The number of nitrogens with zero attached hydrogens (tertiary/aromatic N) is 2. The number of imidazole rings is 1. The smallest absolute Gasteiger partial charge is 0.221 e. The summed E-state index contributed by atoms with van der Waals surface area (Å²) in [5, 5.41) is 0. The zero-order valence-corrected chi connectivity index (χ0v) is 15.3. The molecule has 0 unspecified atom stereocenters. The van der Waals surface area contributed by atoms with Gasteiger partial charge in [0.2, 0.25) is 5.45 Å². The van der Waals surface area contributed by atoms with Gasteiger partial charge in [-0.15, -0.1) is 0 Å². The summed E-state index contributed by atoms with van der Waals surface area (Å²) >= 11 is 0. The van der Waals surface area contributed by atoms with Gasteiger partial charge in [-0.25, -0.2) is 9.13 Å². The molecule has 1 rings (SSSR count). The molecule has 0 saturated heterocycles. The topological polar surface area (TPSA) is 29.0 Å². The van der Waals surface area contributed by atoms with E-state index in [1.165, 1.54) is 22.9 Å². The van der Waals surface area contributed by atoms with Crippen LogP contribution in [0.1, 0.15) is 11.4 Å². The maximum absolute atomic E-state index is 10.1. The van der Waals surface area contributed by atoms with Crippen LogP contribution in [-0.2, 0) is 14.1 Å². The number of aromatic nitrogens is 2. The predicted octanol–water partition coefficient (Wildman–Crippen LogP) is 1.58. The summed E-state index contributed by atoms with van der Waals surface area (Å²) in [5.41, 5.74) is 4.19. The molecule has 1 aromatic heterocycles. The van der Waals surface area contributed by atoms with Crippen LogP contribution < -0.4 is 10.0 Å². The van der Waals surface area contributed by atoms with Crippen LogP contribution in [0, 0.1) is 13.8 Å². The lowest BCUT2D eigenvalue weighted by Gasteiger charge is -2.22. The molecule has 0 aliphatic rings. The third-order valence-corrected chi connectivity index (χ3v) is 9.49. The molecule has 1 heterocycles. The lowest BCUT2D eigenvalue weighted by Crippen LogP contribution is -2.62. The second-order valence-electron chi connectivity index (χ2n) is 6.81. The SMILES string of the molecule is Cc1c(C)[n+](C)c([Si](C)(C)CC[Si](C)(C)O)n1C. The van der Waals surface area contributed by atoms with Gasteiger partial charge in [-0.2, -0.15) is 0 Å². The first-order valence-corrected chi connectivity index (χ1v) is 13.1. The van der Waals surface area contributed by atoms with Crippen LogP contribution in [0.4, 0.5) is 0 Å². The van der Waals surface area contributed by atoms with E-state index in [1.807, 2.05) is 13.1 Å². The van der Waals surface area contributed by atoms with Crippen LogP contribution in [-0.4, -0.2) is 25.8 Å². The van der Waals surface area contributed by atoms with Crippen molar-refractivity contribution >= 4 is 21.8 Å². The molecule has 1 aromatic rings. The molecular weight excluding hydrogens is 256 g/mol. The van der Waals surface area contributed by atoms with Crippen LogP contribution in [0.5, 0.6) is 0 Å². The molecular formula is C13H29N2OSi2+. The van der Waals surface area contributed by atoms with Gasteiger partial charge >= 0.3 is 0 Å². The molecule has 1 N–H and O–H groups in total. The highest BCUT2D eigenvalue weighted by atomic mass is 28.4. The molecule has 5 heteroatoms. The van der Waals surface area contributed by atoms with Gasteiger partial charge in [0.05, 0.1) is 14.1 Å². The van der Waals surface area contributed by atoms with Crippen molar-refractivity contribution in [3.8, 4) is 0 Å². The molecule has 0 atom stereocenters. The van der Waals surface area contributed by atoms with Crippen LogP contribution in [0.25, 0.3) is 0 Å². The Morgan fingerprint density at radius 2 is 1.61 bits per heavy atom. The molecule has 0 aliphatic carbocycles. The van der Waals surface area contributed by atoms with Crippen molar-refractivity contribution in [2.75, 3.05) is 0 Å². The van der Waals surface area contributed by atoms with Crippen molar-refractivity contribution in [3.05, 3.63) is 11.4 Å². The van der Waals surface area contributed by atoms with Crippen molar-refractivity contribution in [3.63, 3.8) is 0 Å². The highest BCUT2D eigenvalue weighted by Gasteiger charge is 2.38. The maximum Gasteiger partial charge on any atom is 0.221 e. The van der Waals surface area contributed by atoms with Crippen LogP contribution in [0.3, 0.4) is 0 Å². The van der Waals surface area contributed by atoms with E-state index >= 15 is 0 Å². The molecule has 0 aliphatic heterocycles. The minimum atomic E-state index is -1.93. The average molecular weight is 286 g/mol. The molecule has 0 aromatic carbocycles. The first kappa shape index (κ1) is 15.7. The maximum atomic E-state index is 10.1. The first-order valence-electron chi connectivity index (χ1n) is 6.72. The van der Waals surface area contributed by atoms with Gasteiger partial charge in [-0.3, -0.25) is 0 Å². The van der Waals surface area contributed by atoms with Gasteiger partial charge in [0.25, 0.3) is 0 Å². The molecule has 0 radical (unpaired) electrons. The predicted molar refractivity (Wildman–Crippen MR) is 82.5 cm³/mol. The Kier molecular flexibility index (Phi) is 4.30. The second kappa shape index (κ2) is 4.94. The van der Waals surface area contributed by atoms with Crippen molar-refractivity contribution in [1.29, 1.82) is 0 Å². The Labute approximate surface area is 114 Å². The summed E-state index contributed by atoms with van der Waals surface area (Å²) in [6.45, 7) is 13.3.